The second-order valence-electron chi connectivity index (χ2n) is 4.30. The van der Waals surface area contributed by atoms with Crippen molar-refractivity contribution in [2.24, 2.45) is 0 Å². The van der Waals surface area contributed by atoms with Gasteiger partial charge in [-0.15, -0.1) is 0 Å². The molecule has 8 heteroatoms. The first-order chi connectivity index (χ1) is 8.14. The molecule has 6 nitrogen and oxygen atoms in total. The molecule has 0 amide bonds. The van der Waals surface area contributed by atoms with Crippen molar-refractivity contribution in [3.8, 4) is 0 Å². The van der Waals surface area contributed by atoms with Crippen LogP contribution in [0.15, 0.2) is 17.7 Å². The van der Waals surface area contributed by atoms with Crippen molar-refractivity contribution in [3.05, 3.63) is 12.7 Å². The van der Waals surface area contributed by atoms with E-state index < -0.39 is 9.84 Å². The van der Waals surface area contributed by atoms with E-state index in [0.29, 0.717) is 5.65 Å². The lowest BCUT2D eigenvalue weighted by Crippen LogP contribution is -2.23. The molecule has 2 atom stereocenters. The summed E-state index contributed by atoms with van der Waals surface area (Å²) in [6.45, 7) is 0. The molecule has 2 aliphatic heterocycles. The van der Waals surface area contributed by atoms with Crippen molar-refractivity contribution < 1.29 is 8.42 Å². The van der Waals surface area contributed by atoms with Crippen LogP contribution in [0.4, 0.5) is 0 Å². The molecule has 0 spiro atoms. The minimum Gasteiger partial charge on any atom is -0.322 e. The van der Waals surface area contributed by atoms with Crippen molar-refractivity contribution in [1.29, 1.82) is 0 Å². The van der Waals surface area contributed by atoms with Crippen LogP contribution in [0.1, 0.15) is 6.04 Å². The largest absolute Gasteiger partial charge is 0.322 e. The Kier molecular flexibility index (Phi) is 1.73. The molecule has 0 aromatic carbocycles. The van der Waals surface area contributed by atoms with Crippen LogP contribution in [0.3, 0.4) is 0 Å². The third kappa shape index (κ3) is 1.28. The molecule has 0 saturated carbocycles. The zero-order chi connectivity index (χ0) is 11.6. The minimum atomic E-state index is -2.94. The zero-order valence-corrected chi connectivity index (χ0v) is 10.3. The van der Waals surface area contributed by atoms with E-state index in [9.17, 15) is 8.42 Å². The Hall–Kier alpha value is -1.15. The lowest BCUT2D eigenvalue weighted by Gasteiger charge is -2.24. The lowest BCUT2D eigenvalue weighted by molar-refractivity contribution is 0.567. The Bertz CT molecular complexity index is 724. The first-order valence-electron chi connectivity index (χ1n) is 5.19. The summed E-state index contributed by atoms with van der Waals surface area (Å²) in [6.07, 6.45) is 3.16. The van der Waals surface area contributed by atoms with Crippen molar-refractivity contribution in [3.63, 3.8) is 0 Å². The predicted octanol–water partition coefficient (Wildman–Crippen LogP) is 0.270. The van der Waals surface area contributed by atoms with Gasteiger partial charge in [0.2, 0.25) is 0 Å². The maximum atomic E-state index is 11.7. The SMILES string of the molecule is O=S1(=O)C[C@@H]2Sc3ncnc4ncn(c34)[C@@H]2C1. The quantitative estimate of drug-likeness (QED) is 0.638. The summed E-state index contributed by atoms with van der Waals surface area (Å²) in [6, 6.07) is -0.0199. The van der Waals surface area contributed by atoms with Gasteiger partial charge in [-0.3, -0.25) is 0 Å². The summed E-state index contributed by atoms with van der Waals surface area (Å²) in [5, 5.41) is 0.894. The van der Waals surface area contributed by atoms with Gasteiger partial charge >= 0.3 is 0 Å². The molecular weight excluding hydrogens is 260 g/mol. The fourth-order valence-electron chi connectivity index (χ4n) is 2.50. The van der Waals surface area contributed by atoms with Gasteiger partial charge in [0.15, 0.2) is 15.5 Å². The number of hydrogen-bond donors (Lipinski definition) is 0. The molecule has 1 saturated heterocycles. The minimum absolute atomic E-state index is 0.0199. The van der Waals surface area contributed by atoms with Crippen LogP contribution < -0.4 is 0 Å². The maximum absolute atomic E-state index is 11.7. The maximum Gasteiger partial charge on any atom is 0.181 e. The van der Waals surface area contributed by atoms with E-state index in [1.807, 2.05) is 4.57 Å². The third-order valence-corrected chi connectivity index (χ3v) is 6.46. The number of rotatable bonds is 0. The summed E-state index contributed by atoms with van der Waals surface area (Å²) in [5.74, 6) is 0.426. The van der Waals surface area contributed by atoms with Crippen LogP contribution in [0, 0.1) is 0 Å². The number of hydrogen-bond acceptors (Lipinski definition) is 6. The summed E-state index contributed by atoms with van der Waals surface area (Å²) >= 11 is 1.54. The molecule has 0 bridgehead atoms. The lowest BCUT2D eigenvalue weighted by atomic mass is 10.2. The Labute approximate surface area is 101 Å². The summed E-state index contributed by atoms with van der Waals surface area (Å²) in [5.41, 5.74) is 1.51. The molecule has 1 fully saturated rings. The van der Waals surface area contributed by atoms with Crippen molar-refractivity contribution >= 4 is 32.8 Å². The standard InChI is InChI=1S/C9H8N4O2S2/c14-17(15)1-5-6(2-17)16-9-7-8(10-3-11-9)12-4-13(5)7/h3-6H,1-2H2/t5-,6+/m1/s1. The molecule has 0 unspecified atom stereocenters. The average Bonchev–Trinajstić information content (AvgIpc) is 2.80. The van der Waals surface area contributed by atoms with Crippen LogP contribution in [0.2, 0.25) is 0 Å². The molecule has 4 heterocycles. The van der Waals surface area contributed by atoms with E-state index in [0.717, 1.165) is 10.5 Å². The monoisotopic (exact) mass is 268 g/mol. The van der Waals surface area contributed by atoms with Crippen molar-refractivity contribution in [2.45, 2.75) is 16.3 Å². The average molecular weight is 268 g/mol. The normalized spacial score (nSPS) is 29.4. The van der Waals surface area contributed by atoms with Gasteiger partial charge in [-0.25, -0.2) is 23.4 Å². The van der Waals surface area contributed by atoms with Gasteiger partial charge < -0.3 is 4.57 Å². The van der Waals surface area contributed by atoms with E-state index >= 15 is 0 Å². The highest BCUT2D eigenvalue weighted by Crippen LogP contribution is 2.44. The smallest absolute Gasteiger partial charge is 0.181 e. The number of aromatic nitrogens is 4. The molecule has 2 aromatic heterocycles. The summed E-state index contributed by atoms with van der Waals surface area (Å²) in [7, 11) is -2.94. The second-order valence-corrected chi connectivity index (χ2v) is 7.69. The van der Waals surface area contributed by atoms with Crippen LogP contribution in [0.5, 0.6) is 0 Å². The molecule has 2 aliphatic rings. The first-order valence-corrected chi connectivity index (χ1v) is 7.89. The molecule has 0 N–H and O–H groups in total. The van der Waals surface area contributed by atoms with Crippen molar-refractivity contribution in [2.75, 3.05) is 11.5 Å². The zero-order valence-electron chi connectivity index (χ0n) is 8.65. The molecule has 17 heavy (non-hydrogen) atoms. The fraction of sp³-hybridized carbons (Fsp3) is 0.444. The molecule has 0 radical (unpaired) electrons. The van der Waals surface area contributed by atoms with E-state index in [2.05, 4.69) is 15.0 Å². The van der Waals surface area contributed by atoms with Crippen LogP contribution in [-0.2, 0) is 9.84 Å². The Morgan fingerprint density at radius 3 is 3.06 bits per heavy atom. The Morgan fingerprint density at radius 2 is 2.18 bits per heavy atom. The summed E-state index contributed by atoms with van der Waals surface area (Å²) in [4.78, 5) is 12.5. The van der Waals surface area contributed by atoms with Crippen LogP contribution in [-0.4, -0.2) is 44.7 Å². The van der Waals surface area contributed by atoms with Crippen LogP contribution >= 0.6 is 11.8 Å². The van der Waals surface area contributed by atoms with E-state index in [1.165, 1.54) is 18.1 Å². The topological polar surface area (TPSA) is 77.7 Å². The number of fused-ring (bicyclic) bond motifs is 2. The van der Waals surface area contributed by atoms with E-state index in [-0.39, 0.29) is 22.8 Å². The highest BCUT2D eigenvalue weighted by atomic mass is 32.2. The second kappa shape index (κ2) is 2.99. The number of nitrogens with zero attached hydrogens (tertiary/aromatic N) is 4. The van der Waals surface area contributed by atoms with Gasteiger partial charge in [-0.2, -0.15) is 0 Å². The van der Waals surface area contributed by atoms with E-state index in [1.54, 1.807) is 6.33 Å². The van der Waals surface area contributed by atoms with Gasteiger partial charge in [0.1, 0.15) is 16.9 Å². The number of thioether (sulfide) groups is 1. The van der Waals surface area contributed by atoms with E-state index in [4.69, 9.17) is 0 Å². The predicted molar refractivity (Wildman–Crippen MR) is 62.7 cm³/mol. The van der Waals surface area contributed by atoms with Gasteiger partial charge in [-0.05, 0) is 0 Å². The molecular formula is C9H8N4O2S2. The summed E-state index contributed by atoms with van der Waals surface area (Å²) < 4.78 is 25.3. The Balaban J connectivity index is 2.00. The highest BCUT2D eigenvalue weighted by Gasteiger charge is 2.43. The fourth-order valence-corrected chi connectivity index (χ4v) is 6.37. The Morgan fingerprint density at radius 1 is 1.29 bits per heavy atom. The van der Waals surface area contributed by atoms with Crippen LogP contribution in [0.25, 0.3) is 11.2 Å². The number of imidazole rings is 1. The third-order valence-electron chi connectivity index (χ3n) is 3.22. The van der Waals surface area contributed by atoms with Gasteiger partial charge in [0.25, 0.3) is 0 Å². The van der Waals surface area contributed by atoms with Crippen molar-refractivity contribution in [1.82, 2.24) is 19.5 Å². The van der Waals surface area contributed by atoms with Gasteiger partial charge in [0, 0.05) is 5.25 Å². The van der Waals surface area contributed by atoms with Gasteiger partial charge in [0.05, 0.1) is 23.9 Å². The van der Waals surface area contributed by atoms with Gasteiger partial charge in [-0.1, -0.05) is 11.8 Å². The molecule has 2 aromatic rings. The first kappa shape index (κ1) is 9.84. The molecule has 0 aliphatic carbocycles. The molecule has 88 valence electrons. The highest BCUT2D eigenvalue weighted by molar-refractivity contribution is 8.02. The number of sulfone groups is 1. The molecule has 4 rings (SSSR count).